The van der Waals surface area contributed by atoms with Crippen LogP contribution >= 0.6 is 28.1 Å². The zero-order valence-electron chi connectivity index (χ0n) is 7.89. The largest absolute Gasteiger partial charge is 0.360 e. The summed E-state index contributed by atoms with van der Waals surface area (Å²) < 4.78 is 13.6. The van der Waals surface area contributed by atoms with E-state index >= 15 is 0 Å². The first-order chi connectivity index (χ1) is 7.15. The molecule has 1 saturated carbocycles. The van der Waals surface area contributed by atoms with Crippen LogP contribution in [0, 0.1) is 5.82 Å². The molecule has 1 aromatic rings. The molecule has 2 rings (SSSR count). The molecule has 1 aliphatic carbocycles. The highest BCUT2D eigenvalue weighted by atomic mass is 79.9. The average Bonchev–Trinajstić information content (AvgIpc) is 2.95. The molecule has 0 aromatic heterocycles. The molecule has 0 amide bonds. The normalized spacial score (nSPS) is 14.8. The molecule has 1 aliphatic rings. The van der Waals surface area contributed by atoms with Crippen molar-refractivity contribution in [1.29, 1.82) is 0 Å². The van der Waals surface area contributed by atoms with Crippen molar-refractivity contribution in [2.45, 2.75) is 18.9 Å². The summed E-state index contributed by atoms with van der Waals surface area (Å²) in [5, 5.41) is 6.62. The molecule has 15 heavy (non-hydrogen) atoms. The first-order valence-corrected chi connectivity index (χ1v) is 5.88. The molecule has 0 unspecified atom stereocenters. The van der Waals surface area contributed by atoms with Crippen molar-refractivity contribution in [2.24, 2.45) is 0 Å². The van der Waals surface area contributed by atoms with Gasteiger partial charge in [-0.2, -0.15) is 0 Å². The SMILES string of the molecule is Fc1cc(NC(=S)NC2CC2)ccc1Br. The number of anilines is 1. The number of hydrogen-bond acceptors (Lipinski definition) is 1. The summed E-state index contributed by atoms with van der Waals surface area (Å²) in [6, 6.07) is 5.33. The summed E-state index contributed by atoms with van der Waals surface area (Å²) in [6.07, 6.45) is 2.33. The molecule has 0 saturated heterocycles. The van der Waals surface area contributed by atoms with Crippen LogP contribution in [-0.4, -0.2) is 11.2 Å². The van der Waals surface area contributed by atoms with Gasteiger partial charge in [-0.05, 0) is 59.2 Å². The standard InChI is InChI=1S/C10H10BrFN2S/c11-8-4-3-7(5-9(8)12)14-10(15)13-6-1-2-6/h3-6H,1-2H2,(H2,13,14,15). The van der Waals surface area contributed by atoms with Gasteiger partial charge in [0, 0.05) is 11.7 Å². The number of nitrogens with one attached hydrogen (secondary N) is 2. The molecule has 5 heteroatoms. The first-order valence-electron chi connectivity index (χ1n) is 4.68. The molecule has 0 bridgehead atoms. The van der Waals surface area contributed by atoms with Gasteiger partial charge in [0.2, 0.25) is 0 Å². The molecule has 2 N–H and O–H groups in total. The van der Waals surface area contributed by atoms with Crippen LogP contribution in [0.15, 0.2) is 22.7 Å². The van der Waals surface area contributed by atoms with Crippen LogP contribution in [0.2, 0.25) is 0 Å². The van der Waals surface area contributed by atoms with E-state index in [9.17, 15) is 4.39 Å². The molecule has 80 valence electrons. The van der Waals surface area contributed by atoms with E-state index in [0.29, 0.717) is 21.3 Å². The van der Waals surface area contributed by atoms with Crippen LogP contribution < -0.4 is 10.6 Å². The average molecular weight is 289 g/mol. The van der Waals surface area contributed by atoms with Gasteiger partial charge >= 0.3 is 0 Å². The Hall–Kier alpha value is -0.680. The second kappa shape index (κ2) is 4.45. The fourth-order valence-corrected chi connectivity index (χ4v) is 1.69. The maximum atomic E-state index is 13.2. The van der Waals surface area contributed by atoms with Gasteiger partial charge < -0.3 is 10.6 Å². The van der Waals surface area contributed by atoms with Gasteiger partial charge in [-0.1, -0.05) is 0 Å². The topological polar surface area (TPSA) is 24.1 Å². The summed E-state index contributed by atoms with van der Waals surface area (Å²) in [6.45, 7) is 0. The van der Waals surface area contributed by atoms with Crippen LogP contribution in [0.3, 0.4) is 0 Å². The molecule has 2 nitrogen and oxygen atoms in total. The Kier molecular flexibility index (Phi) is 3.21. The second-order valence-corrected chi connectivity index (χ2v) is 4.76. The molecular formula is C10H10BrFN2S. The number of rotatable bonds is 2. The Morgan fingerprint density at radius 2 is 2.20 bits per heavy atom. The Morgan fingerprint density at radius 3 is 2.80 bits per heavy atom. The molecule has 0 spiro atoms. The Bertz CT molecular complexity index is 393. The Morgan fingerprint density at radius 1 is 1.47 bits per heavy atom. The van der Waals surface area contributed by atoms with Crippen LogP contribution in [-0.2, 0) is 0 Å². The van der Waals surface area contributed by atoms with Crippen LogP contribution in [0.1, 0.15) is 12.8 Å². The Labute approximate surface area is 101 Å². The molecule has 1 fully saturated rings. The van der Waals surface area contributed by atoms with E-state index in [-0.39, 0.29) is 5.82 Å². The van der Waals surface area contributed by atoms with Crippen molar-refractivity contribution in [3.63, 3.8) is 0 Å². The molecule has 0 heterocycles. The van der Waals surface area contributed by atoms with Crippen molar-refractivity contribution in [3.05, 3.63) is 28.5 Å². The van der Waals surface area contributed by atoms with Crippen LogP contribution in [0.4, 0.5) is 10.1 Å². The van der Waals surface area contributed by atoms with Gasteiger partial charge in [0.25, 0.3) is 0 Å². The second-order valence-electron chi connectivity index (χ2n) is 3.50. The first kappa shape index (κ1) is 10.8. The Balaban J connectivity index is 1.97. The van der Waals surface area contributed by atoms with E-state index in [1.807, 2.05) is 0 Å². The fourth-order valence-electron chi connectivity index (χ4n) is 1.15. The van der Waals surface area contributed by atoms with E-state index in [4.69, 9.17) is 12.2 Å². The van der Waals surface area contributed by atoms with E-state index in [1.165, 1.54) is 6.07 Å². The van der Waals surface area contributed by atoms with Crippen LogP contribution in [0.25, 0.3) is 0 Å². The third kappa shape index (κ3) is 3.14. The molecule has 0 atom stereocenters. The third-order valence-corrected chi connectivity index (χ3v) is 2.95. The number of thiocarbonyl (C=S) groups is 1. The van der Waals surface area contributed by atoms with E-state index in [2.05, 4.69) is 26.6 Å². The minimum atomic E-state index is -0.297. The smallest absolute Gasteiger partial charge is 0.170 e. The van der Waals surface area contributed by atoms with Crippen molar-refractivity contribution in [3.8, 4) is 0 Å². The lowest BCUT2D eigenvalue weighted by Crippen LogP contribution is -2.30. The van der Waals surface area contributed by atoms with Crippen LogP contribution in [0.5, 0.6) is 0 Å². The zero-order valence-corrected chi connectivity index (χ0v) is 10.3. The molecule has 0 radical (unpaired) electrons. The fraction of sp³-hybridized carbons (Fsp3) is 0.300. The van der Waals surface area contributed by atoms with Crippen molar-refractivity contribution in [1.82, 2.24) is 5.32 Å². The third-order valence-electron chi connectivity index (χ3n) is 2.09. The van der Waals surface area contributed by atoms with Crippen molar-refractivity contribution in [2.75, 3.05) is 5.32 Å². The van der Waals surface area contributed by atoms with Gasteiger partial charge in [-0.15, -0.1) is 0 Å². The minimum absolute atomic E-state index is 0.297. The van der Waals surface area contributed by atoms with Gasteiger partial charge in [0.1, 0.15) is 5.82 Å². The van der Waals surface area contributed by atoms with E-state index in [0.717, 1.165) is 12.8 Å². The highest BCUT2D eigenvalue weighted by Crippen LogP contribution is 2.21. The highest BCUT2D eigenvalue weighted by Gasteiger charge is 2.21. The number of hydrogen-bond donors (Lipinski definition) is 2. The van der Waals surface area contributed by atoms with Crippen molar-refractivity contribution < 1.29 is 4.39 Å². The zero-order chi connectivity index (χ0) is 10.8. The van der Waals surface area contributed by atoms with Gasteiger partial charge in [-0.3, -0.25) is 0 Å². The maximum absolute atomic E-state index is 13.2. The molecule has 1 aromatic carbocycles. The lowest BCUT2D eigenvalue weighted by atomic mass is 10.3. The van der Waals surface area contributed by atoms with E-state index < -0.39 is 0 Å². The molecular weight excluding hydrogens is 279 g/mol. The van der Waals surface area contributed by atoms with E-state index in [1.54, 1.807) is 12.1 Å². The lowest BCUT2D eigenvalue weighted by molar-refractivity contribution is 0.622. The summed E-state index contributed by atoms with van der Waals surface area (Å²) in [5.41, 5.74) is 0.661. The number of halogens is 2. The summed E-state index contributed by atoms with van der Waals surface area (Å²) in [7, 11) is 0. The summed E-state index contributed by atoms with van der Waals surface area (Å²) in [5.74, 6) is -0.297. The minimum Gasteiger partial charge on any atom is -0.360 e. The van der Waals surface area contributed by atoms with Gasteiger partial charge in [0.05, 0.1) is 4.47 Å². The van der Waals surface area contributed by atoms with Crippen molar-refractivity contribution >= 4 is 38.9 Å². The predicted octanol–water partition coefficient (Wildman–Crippen LogP) is 3.04. The van der Waals surface area contributed by atoms with Gasteiger partial charge in [-0.25, -0.2) is 4.39 Å². The lowest BCUT2D eigenvalue weighted by Gasteiger charge is -2.09. The quantitative estimate of drug-likeness (QED) is 0.818. The highest BCUT2D eigenvalue weighted by molar-refractivity contribution is 9.10. The molecule has 0 aliphatic heterocycles. The maximum Gasteiger partial charge on any atom is 0.170 e. The summed E-state index contributed by atoms with van der Waals surface area (Å²) >= 11 is 8.17. The predicted molar refractivity (Wildman–Crippen MR) is 66.5 cm³/mol. The van der Waals surface area contributed by atoms with Gasteiger partial charge in [0.15, 0.2) is 5.11 Å². The summed E-state index contributed by atoms with van der Waals surface area (Å²) in [4.78, 5) is 0. The monoisotopic (exact) mass is 288 g/mol. The number of benzene rings is 1.